The first-order valence-corrected chi connectivity index (χ1v) is 2.64. The van der Waals surface area contributed by atoms with E-state index >= 15 is 0 Å². The van der Waals surface area contributed by atoms with Crippen LogP contribution in [0.5, 0.6) is 0 Å². The Morgan fingerprint density at radius 3 is 2.17 bits per heavy atom. The van der Waals surface area contributed by atoms with Gasteiger partial charge in [0.1, 0.15) is 6.26 Å². The second-order valence-electron chi connectivity index (χ2n) is 0.697. The molecular weight excluding hydrogens is 209 g/mol. The van der Waals surface area contributed by atoms with Gasteiger partial charge in [-0.05, 0) is 0 Å². The van der Waals surface area contributed by atoms with Gasteiger partial charge in [-0.15, -0.1) is 0 Å². The molecule has 0 saturated carbocycles. The van der Waals surface area contributed by atoms with E-state index in [0.29, 0.717) is 0 Å². The van der Waals surface area contributed by atoms with Crippen molar-refractivity contribution >= 4 is 11.8 Å². The average Bonchev–Trinajstić information content (AvgIpc) is 1.41. The van der Waals surface area contributed by atoms with Crippen LogP contribution in [0.2, 0.25) is 0 Å². The van der Waals surface area contributed by atoms with E-state index in [0.717, 1.165) is 12.3 Å². The van der Waals surface area contributed by atoms with Crippen LogP contribution < -0.4 is 29.7 Å². The van der Waals surface area contributed by atoms with E-state index in [1.54, 1.807) is 0 Å². The predicted octanol–water partition coefficient (Wildman–Crippen LogP) is -2.53. The third kappa shape index (κ3) is 8.86. The molecule has 0 amide bonds. The Morgan fingerprint density at radius 2 is 2.17 bits per heavy atom. The van der Waals surface area contributed by atoms with Gasteiger partial charge < -0.3 is 29.7 Å². The summed E-state index contributed by atoms with van der Waals surface area (Å²) in [6.07, 6.45) is 3.51. The lowest BCUT2D eigenvalue weighted by molar-refractivity contribution is -0.00000115. The van der Waals surface area contributed by atoms with Crippen LogP contribution >= 0.6 is 11.8 Å². The molecule has 0 aromatic rings. The van der Waals surface area contributed by atoms with Crippen molar-refractivity contribution in [3.8, 4) is 0 Å². The maximum Gasteiger partial charge on any atom is 0.128 e. The summed E-state index contributed by atoms with van der Waals surface area (Å²) in [4.78, 5) is 0. The lowest BCUT2D eigenvalue weighted by Crippen LogP contribution is -3.00. The van der Waals surface area contributed by atoms with E-state index in [-0.39, 0.29) is 24.0 Å². The standard InChI is InChI=1S/C3H8NS.HI/c1-5-3-2-4;/h1-4H2;1H/q+1;/p-1. The van der Waals surface area contributed by atoms with Gasteiger partial charge in [-0.3, -0.25) is 0 Å². The quantitative estimate of drug-likeness (QED) is 0.408. The van der Waals surface area contributed by atoms with Crippen molar-refractivity contribution in [1.82, 2.24) is 0 Å². The molecule has 0 fully saturated rings. The van der Waals surface area contributed by atoms with E-state index < -0.39 is 0 Å². The Kier molecular flexibility index (Phi) is 15.6. The highest BCUT2D eigenvalue weighted by atomic mass is 127. The SMILES string of the molecule is [CH2+]SCCN.[I-]. The minimum atomic E-state index is 0. The number of hydrogen-bond acceptors (Lipinski definition) is 2. The summed E-state index contributed by atoms with van der Waals surface area (Å²) in [6.45, 7) is 0.744. The van der Waals surface area contributed by atoms with Crippen molar-refractivity contribution in [2.75, 3.05) is 12.3 Å². The van der Waals surface area contributed by atoms with Crippen LogP contribution in [0, 0.1) is 6.26 Å². The monoisotopic (exact) mass is 217 g/mol. The molecule has 0 aliphatic heterocycles. The topological polar surface area (TPSA) is 26.0 Å². The van der Waals surface area contributed by atoms with Gasteiger partial charge in [-0.1, -0.05) is 0 Å². The summed E-state index contributed by atoms with van der Waals surface area (Å²) in [7, 11) is 0. The number of halogens is 1. The van der Waals surface area contributed by atoms with Gasteiger partial charge in [0.05, 0.1) is 17.5 Å². The first kappa shape index (κ1) is 10.0. The molecule has 0 aromatic carbocycles. The highest BCUT2D eigenvalue weighted by molar-refractivity contribution is 8.00. The molecule has 6 heavy (non-hydrogen) atoms. The van der Waals surface area contributed by atoms with Crippen LogP contribution in [-0.4, -0.2) is 12.3 Å². The van der Waals surface area contributed by atoms with Crippen molar-refractivity contribution in [2.45, 2.75) is 0 Å². The van der Waals surface area contributed by atoms with Crippen LogP contribution in [0.1, 0.15) is 0 Å². The molecule has 38 valence electrons. The predicted molar refractivity (Wildman–Crippen MR) is 26.9 cm³/mol. The summed E-state index contributed by atoms with van der Waals surface area (Å²) in [6, 6.07) is 0. The Balaban J connectivity index is 0. The molecular formula is C3H8INS. The number of hydrogen-bond donors (Lipinski definition) is 1. The first-order chi connectivity index (χ1) is 2.41. The van der Waals surface area contributed by atoms with Gasteiger partial charge in [-0.2, -0.15) is 0 Å². The molecule has 0 aromatic heterocycles. The molecule has 0 unspecified atom stereocenters. The van der Waals surface area contributed by atoms with E-state index in [2.05, 4.69) is 6.26 Å². The average molecular weight is 217 g/mol. The highest BCUT2D eigenvalue weighted by Gasteiger charge is 1.76. The molecule has 3 heteroatoms. The third-order valence-corrected chi connectivity index (χ3v) is 0.787. The van der Waals surface area contributed by atoms with Crippen molar-refractivity contribution in [3.05, 3.63) is 6.26 Å². The summed E-state index contributed by atoms with van der Waals surface area (Å²) in [5.41, 5.74) is 5.08. The molecule has 0 atom stereocenters. The van der Waals surface area contributed by atoms with Gasteiger partial charge in [0.2, 0.25) is 0 Å². The minimum Gasteiger partial charge on any atom is -1.00 e. The van der Waals surface area contributed by atoms with Crippen LogP contribution in [-0.2, 0) is 0 Å². The zero-order chi connectivity index (χ0) is 4.12. The van der Waals surface area contributed by atoms with Gasteiger partial charge in [0, 0.05) is 6.54 Å². The van der Waals surface area contributed by atoms with Crippen LogP contribution in [0.15, 0.2) is 0 Å². The van der Waals surface area contributed by atoms with Crippen LogP contribution in [0.4, 0.5) is 0 Å². The fourth-order valence-corrected chi connectivity index (χ4v) is 0.250. The second-order valence-corrected chi connectivity index (χ2v) is 1.51. The Labute approximate surface area is 60.1 Å². The van der Waals surface area contributed by atoms with Gasteiger partial charge in [0.15, 0.2) is 0 Å². The van der Waals surface area contributed by atoms with Crippen LogP contribution in [0.3, 0.4) is 0 Å². The second kappa shape index (κ2) is 9.32. The lowest BCUT2D eigenvalue weighted by atomic mass is 10.8. The smallest absolute Gasteiger partial charge is 0.128 e. The van der Waals surface area contributed by atoms with E-state index in [9.17, 15) is 0 Å². The largest absolute Gasteiger partial charge is 1.00 e. The molecule has 0 aliphatic rings. The number of rotatable bonds is 2. The van der Waals surface area contributed by atoms with Crippen molar-refractivity contribution in [3.63, 3.8) is 0 Å². The zero-order valence-corrected chi connectivity index (χ0v) is 6.46. The zero-order valence-electron chi connectivity index (χ0n) is 3.48. The van der Waals surface area contributed by atoms with Gasteiger partial charge >= 0.3 is 0 Å². The fourth-order valence-electron chi connectivity index (χ4n) is 0.0833. The van der Waals surface area contributed by atoms with E-state index in [4.69, 9.17) is 5.73 Å². The first-order valence-electron chi connectivity index (χ1n) is 1.49. The Bertz CT molecular complexity index is 18.3. The van der Waals surface area contributed by atoms with Crippen molar-refractivity contribution in [2.24, 2.45) is 5.73 Å². The van der Waals surface area contributed by atoms with Crippen LogP contribution in [0.25, 0.3) is 0 Å². The Morgan fingerprint density at radius 1 is 1.67 bits per heavy atom. The molecule has 2 N–H and O–H groups in total. The molecule has 0 spiro atoms. The number of thioether (sulfide) groups is 1. The maximum absolute atomic E-state index is 5.08. The Hall–Kier alpha value is 0.910. The molecule has 0 aliphatic carbocycles. The molecule has 0 rings (SSSR count). The number of nitrogens with two attached hydrogens (primary N) is 1. The fraction of sp³-hybridized carbons (Fsp3) is 0.667. The summed E-state index contributed by atoms with van der Waals surface area (Å²) in [5.74, 6) is 0.972. The van der Waals surface area contributed by atoms with Gasteiger partial charge in [0.25, 0.3) is 0 Å². The maximum atomic E-state index is 5.08. The molecule has 0 saturated heterocycles. The molecule has 0 heterocycles. The summed E-state index contributed by atoms with van der Waals surface area (Å²) < 4.78 is 0. The lowest BCUT2D eigenvalue weighted by Gasteiger charge is -1.73. The molecule has 0 bridgehead atoms. The highest BCUT2D eigenvalue weighted by Crippen LogP contribution is 1.87. The third-order valence-electron chi connectivity index (χ3n) is 0.262. The van der Waals surface area contributed by atoms with Crippen molar-refractivity contribution < 1.29 is 24.0 Å². The van der Waals surface area contributed by atoms with E-state index in [1.165, 1.54) is 11.8 Å². The van der Waals surface area contributed by atoms with E-state index in [1.807, 2.05) is 0 Å². The molecule has 0 radical (unpaired) electrons. The summed E-state index contributed by atoms with van der Waals surface area (Å²) in [5, 5.41) is 0. The summed E-state index contributed by atoms with van der Waals surface area (Å²) >= 11 is 1.53. The minimum absolute atomic E-state index is 0. The van der Waals surface area contributed by atoms with Gasteiger partial charge in [-0.25, -0.2) is 0 Å². The molecule has 1 nitrogen and oxygen atoms in total. The van der Waals surface area contributed by atoms with Crippen molar-refractivity contribution in [1.29, 1.82) is 0 Å². The normalized spacial score (nSPS) is 6.83.